The first kappa shape index (κ1) is 18.8. The highest BCUT2D eigenvalue weighted by Crippen LogP contribution is 2.50. The summed E-state index contributed by atoms with van der Waals surface area (Å²) in [5, 5.41) is 0. The molecule has 1 saturated carbocycles. The van der Waals surface area contributed by atoms with Crippen LogP contribution in [0.2, 0.25) is 0 Å². The molecule has 5 rings (SSSR count). The van der Waals surface area contributed by atoms with Crippen LogP contribution in [0, 0.1) is 18.8 Å². The van der Waals surface area contributed by atoms with E-state index in [2.05, 4.69) is 0 Å². The Morgan fingerprint density at radius 3 is 2.48 bits per heavy atom. The SMILES string of the molecule is Cc1ccc(S(=O)(=O)OC2CC3C(=O)N4[C@H](CO[C@H]4c4ccccc4)[C@H]3C2)cc1. The van der Waals surface area contributed by atoms with E-state index in [0.717, 1.165) is 11.1 Å². The maximum Gasteiger partial charge on any atom is 0.297 e. The van der Waals surface area contributed by atoms with Gasteiger partial charge < -0.3 is 9.64 Å². The number of nitrogens with zero attached hydrogens (tertiary/aromatic N) is 1. The summed E-state index contributed by atoms with van der Waals surface area (Å²) in [6.45, 7) is 2.38. The van der Waals surface area contributed by atoms with Crippen molar-refractivity contribution in [3.05, 3.63) is 65.7 Å². The highest BCUT2D eigenvalue weighted by Gasteiger charge is 2.58. The zero-order valence-corrected chi connectivity index (χ0v) is 16.9. The molecule has 0 spiro atoms. The van der Waals surface area contributed by atoms with Gasteiger partial charge in [-0.05, 0) is 37.8 Å². The number of rotatable bonds is 4. The van der Waals surface area contributed by atoms with Crippen molar-refractivity contribution >= 4 is 16.0 Å². The van der Waals surface area contributed by atoms with E-state index < -0.39 is 16.2 Å². The summed E-state index contributed by atoms with van der Waals surface area (Å²) in [7, 11) is -3.84. The Bertz CT molecular complexity index is 1020. The first-order chi connectivity index (χ1) is 13.9. The number of fused-ring (bicyclic) bond motifs is 3. The van der Waals surface area contributed by atoms with E-state index in [4.69, 9.17) is 8.92 Å². The topological polar surface area (TPSA) is 72.9 Å². The Morgan fingerprint density at radius 2 is 1.76 bits per heavy atom. The molecule has 0 N–H and O–H groups in total. The Balaban J connectivity index is 1.31. The van der Waals surface area contributed by atoms with E-state index in [9.17, 15) is 13.2 Å². The van der Waals surface area contributed by atoms with Crippen molar-refractivity contribution in [3.63, 3.8) is 0 Å². The van der Waals surface area contributed by atoms with Crippen LogP contribution in [-0.2, 0) is 23.8 Å². The Morgan fingerprint density at radius 1 is 1.03 bits per heavy atom. The molecule has 0 aromatic heterocycles. The molecule has 2 heterocycles. The van der Waals surface area contributed by atoms with Crippen LogP contribution >= 0.6 is 0 Å². The van der Waals surface area contributed by atoms with Crippen LogP contribution in [0.15, 0.2) is 59.5 Å². The Kier molecular flexibility index (Phi) is 4.49. The van der Waals surface area contributed by atoms with Crippen molar-refractivity contribution in [3.8, 4) is 0 Å². The number of ether oxygens (including phenoxy) is 1. The highest BCUT2D eigenvalue weighted by molar-refractivity contribution is 7.86. The summed E-state index contributed by atoms with van der Waals surface area (Å²) >= 11 is 0. The van der Waals surface area contributed by atoms with Crippen LogP contribution in [-0.4, -0.2) is 38.0 Å². The second-order valence-electron chi connectivity index (χ2n) is 8.14. The van der Waals surface area contributed by atoms with E-state index in [1.54, 1.807) is 24.3 Å². The van der Waals surface area contributed by atoms with Gasteiger partial charge in [-0.25, -0.2) is 0 Å². The number of aryl methyl sites for hydroxylation is 1. The first-order valence-electron chi connectivity index (χ1n) is 9.93. The average Bonchev–Trinajstić information content (AvgIpc) is 3.37. The van der Waals surface area contributed by atoms with Crippen molar-refractivity contribution in [1.29, 1.82) is 0 Å². The number of carbonyl (C=O) groups is 1. The van der Waals surface area contributed by atoms with Gasteiger partial charge in [0.15, 0.2) is 6.23 Å². The molecule has 3 fully saturated rings. The molecule has 2 aromatic carbocycles. The van der Waals surface area contributed by atoms with E-state index in [-0.39, 0.29) is 34.9 Å². The number of amides is 1. The predicted molar refractivity (Wildman–Crippen MR) is 105 cm³/mol. The van der Waals surface area contributed by atoms with Gasteiger partial charge in [-0.3, -0.25) is 8.98 Å². The normalized spacial score (nSPS) is 31.1. The first-order valence-corrected chi connectivity index (χ1v) is 11.3. The quantitative estimate of drug-likeness (QED) is 0.721. The van der Waals surface area contributed by atoms with Crippen molar-refractivity contribution in [2.45, 2.75) is 43.0 Å². The Labute approximate surface area is 170 Å². The largest absolute Gasteiger partial charge is 0.352 e. The van der Waals surface area contributed by atoms with Crippen LogP contribution in [0.1, 0.15) is 30.2 Å². The lowest BCUT2D eigenvalue weighted by Crippen LogP contribution is -2.34. The minimum absolute atomic E-state index is 0.0200. The van der Waals surface area contributed by atoms with Crippen LogP contribution in [0.25, 0.3) is 0 Å². The zero-order valence-electron chi connectivity index (χ0n) is 16.1. The lowest BCUT2D eigenvalue weighted by atomic mass is 9.94. The molecule has 2 saturated heterocycles. The van der Waals surface area contributed by atoms with Crippen LogP contribution in [0.4, 0.5) is 0 Å². The molecule has 5 atom stereocenters. The second-order valence-corrected chi connectivity index (χ2v) is 9.71. The molecular weight excluding hydrogens is 390 g/mol. The molecule has 3 aliphatic rings. The fourth-order valence-corrected chi connectivity index (χ4v) is 6.04. The highest BCUT2D eigenvalue weighted by atomic mass is 32.2. The smallest absolute Gasteiger partial charge is 0.297 e. The second kappa shape index (κ2) is 6.93. The molecule has 2 aliphatic heterocycles. The van der Waals surface area contributed by atoms with Crippen LogP contribution in [0.5, 0.6) is 0 Å². The molecule has 0 bridgehead atoms. The lowest BCUT2D eigenvalue weighted by molar-refractivity contribution is -0.137. The molecule has 0 radical (unpaired) electrons. The van der Waals surface area contributed by atoms with Crippen molar-refractivity contribution < 1.29 is 22.1 Å². The molecule has 2 unspecified atom stereocenters. The monoisotopic (exact) mass is 413 g/mol. The van der Waals surface area contributed by atoms with E-state index >= 15 is 0 Å². The fourth-order valence-electron chi connectivity index (χ4n) is 4.95. The van der Waals surface area contributed by atoms with Crippen molar-refractivity contribution in [2.24, 2.45) is 11.8 Å². The molecule has 2 aromatic rings. The summed E-state index contributed by atoms with van der Waals surface area (Å²) in [6.07, 6.45) is 0.157. The summed E-state index contributed by atoms with van der Waals surface area (Å²) in [4.78, 5) is 15.1. The number of carbonyl (C=O) groups excluding carboxylic acids is 1. The molecule has 152 valence electrons. The molecule has 6 nitrogen and oxygen atoms in total. The predicted octanol–water partition coefficient (Wildman–Crippen LogP) is 3.03. The van der Waals surface area contributed by atoms with Gasteiger partial charge in [-0.2, -0.15) is 8.42 Å². The third kappa shape index (κ3) is 3.17. The van der Waals surface area contributed by atoms with Gasteiger partial charge in [0.05, 0.1) is 23.6 Å². The Hall–Kier alpha value is -2.22. The summed E-state index contributed by atoms with van der Waals surface area (Å²) in [6, 6.07) is 16.3. The van der Waals surface area contributed by atoms with Crippen molar-refractivity contribution in [2.75, 3.05) is 6.61 Å². The third-order valence-electron chi connectivity index (χ3n) is 6.33. The summed E-state index contributed by atoms with van der Waals surface area (Å²) < 4.78 is 36.7. The molecular formula is C22H23NO5S. The van der Waals surface area contributed by atoms with Crippen molar-refractivity contribution in [1.82, 2.24) is 4.90 Å². The average molecular weight is 413 g/mol. The number of hydrogen-bond acceptors (Lipinski definition) is 5. The minimum atomic E-state index is -3.84. The maximum absolute atomic E-state index is 13.1. The van der Waals surface area contributed by atoms with Gasteiger partial charge >= 0.3 is 0 Å². The van der Waals surface area contributed by atoms with Gasteiger partial charge in [0, 0.05) is 11.5 Å². The fraction of sp³-hybridized carbons (Fsp3) is 0.409. The standard InChI is InChI=1S/C22H23NO5S/c1-14-7-9-17(10-8-14)29(25,26)28-16-11-18-19(12-16)21(24)23-20(18)13-27-22(23)15-5-3-2-4-6-15/h2-10,16,18-20,22H,11-13H2,1H3/t16?,18-,19?,20+,22-/m0/s1. The maximum atomic E-state index is 13.1. The van der Waals surface area contributed by atoms with Gasteiger partial charge in [0.1, 0.15) is 0 Å². The lowest BCUT2D eigenvalue weighted by Gasteiger charge is -2.25. The molecule has 1 aliphatic carbocycles. The van der Waals surface area contributed by atoms with Gasteiger partial charge in [-0.1, -0.05) is 48.0 Å². The van der Waals surface area contributed by atoms with E-state index in [0.29, 0.717) is 19.4 Å². The molecule has 1 amide bonds. The number of benzene rings is 2. The molecule has 7 heteroatoms. The third-order valence-corrected chi connectivity index (χ3v) is 7.70. The van der Waals surface area contributed by atoms with E-state index in [1.165, 1.54) is 0 Å². The number of hydrogen-bond donors (Lipinski definition) is 0. The molecule has 29 heavy (non-hydrogen) atoms. The van der Waals surface area contributed by atoms with Crippen LogP contribution in [0.3, 0.4) is 0 Å². The van der Waals surface area contributed by atoms with Crippen LogP contribution < -0.4 is 0 Å². The summed E-state index contributed by atoms with van der Waals surface area (Å²) in [5.74, 6) is -0.0899. The van der Waals surface area contributed by atoms with E-state index in [1.807, 2.05) is 42.2 Å². The zero-order chi connectivity index (χ0) is 20.2. The minimum Gasteiger partial charge on any atom is -0.352 e. The van der Waals surface area contributed by atoms with Gasteiger partial charge in [0.2, 0.25) is 5.91 Å². The summed E-state index contributed by atoms with van der Waals surface area (Å²) in [5.41, 5.74) is 1.96. The van der Waals surface area contributed by atoms with Gasteiger partial charge in [-0.15, -0.1) is 0 Å². The van der Waals surface area contributed by atoms with Gasteiger partial charge in [0.25, 0.3) is 10.1 Å².